The molecule has 2 heterocycles. The van der Waals surface area contributed by atoms with Gasteiger partial charge in [-0.05, 0) is 36.5 Å². The van der Waals surface area contributed by atoms with Crippen molar-refractivity contribution in [2.75, 3.05) is 13.2 Å². The molecule has 34 heavy (non-hydrogen) atoms. The molecule has 9 nitrogen and oxygen atoms in total. The number of hydrogen-bond acceptors (Lipinski definition) is 6. The van der Waals surface area contributed by atoms with Crippen LogP contribution in [0.1, 0.15) is 36.6 Å². The number of piperidine rings is 1. The monoisotopic (exact) mass is 483 g/mol. The minimum absolute atomic E-state index is 0.0110. The molecule has 1 aliphatic carbocycles. The molecule has 0 spiro atoms. The predicted molar refractivity (Wildman–Crippen MR) is 129 cm³/mol. The summed E-state index contributed by atoms with van der Waals surface area (Å²) in [6, 6.07) is 10.5. The average molecular weight is 484 g/mol. The van der Waals surface area contributed by atoms with Crippen molar-refractivity contribution in [3.05, 3.63) is 52.2 Å². The number of fused-ring (bicyclic) bond motifs is 1. The summed E-state index contributed by atoms with van der Waals surface area (Å²) in [5.41, 5.74) is 6.08. The van der Waals surface area contributed by atoms with Gasteiger partial charge >= 0.3 is 0 Å². The summed E-state index contributed by atoms with van der Waals surface area (Å²) in [4.78, 5) is 40.6. The van der Waals surface area contributed by atoms with Gasteiger partial charge in [0.15, 0.2) is 0 Å². The molecule has 0 unspecified atom stereocenters. The Bertz CT molecular complexity index is 1090. The van der Waals surface area contributed by atoms with E-state index in [0.717, 1.165) is 11.3 Å². The fourth-order valence-electron chi connectivity index (χ4n) is 4.40. The lowest BCUT2D eigenvalue weighted by atomic mass is 10.0. The van der Waals surface area contributed by atoms with Crippen molar-refractivity contribution in [1.82, 2.24) is 15.5 Å². The topological polar surface area (TPSA) is 138 Å². The van der Waals surface area contributed by atoms with Crippen LogP contribution in [0.15, 0.2) is 41.8 Å². The lowest BCUT2D eigenvalue weighted by Gasteiger charge is -2.27. The van der Waals surface area contributed by atoms with Crippen molar-refractivity contribution in [2.45, 2.75) is 44.8 Å². The van der Waals surface area contributed by atoms with Gasteiger partial charge in [0.2, 0.25) is 17.7 Å². The number of hydrogen-bond donors (Lipinski definition) is 4. The highest BCUT2D eigenvalue weighted by Crippen LogP contribution is 2.59. The van der Waals surface area contributed by atoms with Gasteiger partial charge in [-0.2, -0.15) is 0 Å². The highest BCUT2D eigenvalue weighted by molar-refractivity contribution is 7.10. The highest BCUT2D eigenvalue weighted by Gasteiger charge is 2.64. The van der Waals surface area contributed by atoms with Crippen LogP contribution in [0.5, 0.6) is 5.75 Å². The van der Waals surface area contributed by atoms with E-state index in [1.54, 1.807) is 16.3 Å². The Morgan fingerprint density at radius 1 is 1.24 bits per heavy atom. The number of nitrogen functional groups attached to an aromatic ring is 1. The maximum Gasteiger partial charge on any atom is 0.243 e. The standard InChI is InChI=1S/C24H29N5O4S/c1-24-10-18(23(32)28-12-17-9-15(14-34-17)22(25)26)29(19(24)11-24)21(31)13-27-20(30)7-8-33-16-5-3-2-4-6-16/h2-6,9,14,18-19H,7-8,10-13H2,1H3,(H3,25,26)(H,27,30)(H,28,32)/t18-,19-,24+/m0/s1. The molecule has 0 radical (unpaired) electrons. The van der Waals surface area contributed by atoms with E-state index >= 15 is 0 Å². The molecular weight excluding hydrogens is 454 g/mol. The second-order valence-corrected chi connectivity index (χ2v) is 10.0. The highest BCUT2D eigenvalue weighted by atomic mass is 32.1. The first kappa shape index (κ1) is 23.7. The number of carbonyl (C=O) groups excluding carboxylic acids is 3. The number of nitrogens with zero attached hydrogens (tertiary/aromatic N) is 1. The number of nitrogens with one attached hydrogen (secondary N) is 3. The van der Waals surface area contributed by atoms with Crippen molar-refractivity contribution < 1.29 is 19.1 Å². The molecule has 10 heteroatoms. The number of amides is 3. The molecular formula is C24H29N5O4S. The molecule has 4 rings (SSSR count). The normalized spacial score (nSPS) is 22.6. The van der Waals surface area contributed by atoms with E-state index in [-0.39, 0.29) is 54.6 Å². The number of thiophene rings is 1. The third kappa shape index (κ3) is 5.39. The SMILES string of the molecule is C[C@@]12C[C@@H]1N(C(=O)CNC(=O)CCOc1ccccc1)[C@H](C(=O)NCc1cc(C(=N)N)cs1)C2. The van der Waals surface area contributed by atoms with E-state index in [1.807, 2.05) is 30.3 Å². The predicted octanol–water partition coefficient (Wildman–Crippen LogP) is 1.61. The summed E-state index contributed by atoms with van der Waals surface area (Å²) in [7, 11) is 0. The Morgan fingerprint density at radius 3 is 2.71 bits per heavy atom. The van der Waals surface area contributed by atoms with Gasteiger partial charge in [-0.15, -0.1) is 11.3 Å². The van der Waals surface area contributed by atoms with Gasteiger partial charge < -0.3 is 26.0 Å². The molecule has 5 N–H and O–H groups in total. The number of para-hydroxylation sites is 1. The van der Waals surface area contributed by atoms with Gasteiger partial charge in [0.25, 0.3) is 0 Å². The van der Waals surface area contributed by atoms with Crippen LogP contribution in [-0.2, 0) is 20.9 Å². The zero-order valence-electron chi connectivity index (χ0n) is 19.0. The lowest BCUT2D eigenvalue weighted by molar-refractivity contribution is -0.140. The van der Waals surface area contributed by atoms with Crippen molar-refractivity contribution in [3.8, 4) is 5.75 Å². The second-order valence-electron chi connectivity index (χ2n) is 9.02. The molecule has 3 atom stereocenters. The van der Waals surface area contributed by atoms with Crippen LogP contribution in [0, 0.1) is 10.8 Å². The molecule has 0 bridgehead atoms. The van der Waals surface area contributed by atoms with Crippen LogP contribution in [0.25, 0.3) is 0 Å². The number of carbonyl (C=O) groups is 3. The van der Waals surface area contributed by atoms with Crippen molar-refractivity contribution >= 4 is 34.9 Å². The third-order valence-corrected chi connectivity index (χ3v) is 7.34. The van der Waals surface area contributed by atoms with E-state index in [1.165, 1.54) is 11.3 Å². The number of ether oxygens (including phenoxy) is 1. The Hall–Kier alpha value is -3.40. The summed E-state index contributed by atoms with van der Waals surface area (Å²) in [5, 5.41) is 14.8. The molecule has 1 saturated carbocycles. The van der Waals surface area contributed by atoms with Gasteiger partial charge in [-0.1, -0.05) is 25.1 Å². The Balaban J connectivity index is 1.26. The molecule has 1 aromatic heterocycles. The summed E-state index contributed by atoms with van der Waals surface area (Å²) >= 11 is 1.42. The summed E-state index contributed by atoms with van der Waals surface area (Å²) in [6.07, 6.45) is 1.61. The Labute approximate surface area is 202 Å². The zero-order chi connectivity index (χ0) is 24.3. The van der Waals surface area contributed by atoms with Crippen LogP contribution < -0.4 is 21.1 Å². The van der Waals surface area contributed by atoms with Gasteiger partial charge in [-0.25, -0.2) is 0 Å². The van der Waals surface area contributed by atoms with Crippen LogP contribution >= 0.6 is 11.3 Å². The Morgan fingerprint density at radius 2 is 2.00 bits per heavy atom. The van der Waals surface area contributed by atoms with Crippen molar-refractivity contribution in [2.24, 2.45) is 11.1 Å². The third-order valence-electron chi connectivity index (χ3n) is 6.41. The van der Waals surface area contributed by atoms with Crippen LogP contribution in [0.3, 0.4) is 0 Å². The fourth-order valence-corrected chi connectivity index (χ4v) is 5.22. The minimum Gasteiger partial charge on any atom is -0.493 e. The molecule has 2 aliphatic rings. The number of benzene rings is 1. The quantitative estimate of drug-likeness (QED) is 0.301. The zero-order valence-corrected chi connectivity index (χ0v) is 19.8. The second kappa shape index (κ2) is 9.84. The molecule has 180 valence electrons. The molecule has 1 aromatic carbocycles. The molecule has 2 fully saturated rings. The van der Waals surface area contributed by atoms with E-state index in [4.69, 9.17) is 15.9 Å². The number of amidine groups is 1. The van der Waals surface area contributed by atoms with Gasteiger partial charge in [0.1, 0.15) is 17.6 Å². The van der Waals surface area contributed by atoms with Crippen LogP contribution in [-0.4, -0.2) is 53.7 Å². The lowest BCUT2D eigenvalue weighted by Crippen LogP contribution is -2.50. The summed E-state index contributed by atoms with van der Waals surface area (Å²) in [5.74, 6) is -0.0590. The molecule has 3 amide bonds. The minimum atomic E-state index is -0.554. The summed E-state index contributed by atoms with van der Waals surface area (Å²) < 4.78 is 5.52. The first-order chi connectivity index (χ1) is 16.3. The largest absolute Gasteiger partial charge is 0.493 e. The van der Waals surface area contributed by atoms with Crippen molar-refractivity contribution in [1.29, 1.82) is 5.41 Å². The van der Waals surface area contributed by atoms with Crippen LogP contribution in [0.2, 0.25) is 0 Å². The Kier molecular flexibility index (Phi) is 6.87. The number of likely N-dealkylation sites (tertiary alicyclic amines) is 1. The number of nitrogens with two attached hydrogens (primary N) is 1. The first-order valence-electron chi connectivity index (χ1n) is 11.2. The molecule has 1 saturated heterocycles. The molecule has 1 aliphatic heterocycles. The van der Waals surface area contributed by atoms with E-state index in [2.05, 4.69) is 17.6 Å². The first-order valence-corrected chi connectivity index (χ1v) is 12.1. The van der Waals surface area contributed by atoms with Crippen LogP contribution in [0.4, 0.5) is 0 Å². The van der Waals surface area contributed by atoms with E-state index in [9.17, 15) is 14.4 Å². The van der Waals surface area contributed by atoms with Gasteiger partial charge in [0, 0.05) is 21.9 Å². The number of rotatable bonds is 10. The maximum absolute atomic E-state index is 13.0. The smallest absolute Gasteiger partial charge is 0.243 e. The molecule has 2 aromatic rings. The maximum atomic E-state index is 13.0. The van der Waals surface area contributed by atoms with Crippen molar-refractivity contribution in [3.63, 3.8) is 0 Å². The van der Waals surface area contributed by atoms with E-state index < -0.39 is 6.04 Å². The van der Waals surface area contributed by atoms with E-state index in [0.29, 0.717) is 24.3 Å². The fraction of sp³-hybridized carbons (Fsp3) is 0.417. The summed E-state index contributed by atoms with van der Waals surface area (Å²) in [6.45, 7) is 2.47. The average Bonchev–Trinajstić information content (AvgIpc) is 3.14. The van der Waals surface area contributed by atoms with Gasteiger partial charge in [0.05, 0.1) is 26.1 Å². The van der Waals surface area contributed by atoms with Gasteiger partial charge in [-0.3, -0.25) is 19.8 Å².